The second-order valence-electron chi connectivity index (χ2n) is 4.71. The molecule has 0 spiro atoms. The second-order valence-corrected chi connectivity index (χ2v) is 4.71. The fourth-order valence-electron chi connectivity index (χ4n) is 1.95. The van der Waals surface area contributed by atoms with Gasteiger partial charge >= 0.3 is 0 Å². The van der Waals surface area contributed by atoms with Gasteiger partial charge in [-0.3, -0.25) is 4.98 Å². The summed E-state index contributed by atoms with van der Waals surface area (Å²) in [6.07, 6.45) is 2.21. The van der Waals surface area contributed by atoms with Crippen LogP contribution in [0, 0.1) is 6.92 Å². The van der Waals surface area contributed by atoms with E-state index in [2.05, 4.69) is 41.3 Å². The Balaban J connectivity index is 1.70. The van der Waals surface area contributed by atoms with Crippen molar-refractivity contribution in [3.05, 3.63) is 29.6 Å². The molecule has 1 aromatic rings. The normalized spacial score (nSPS) is 21.6. The third kappa shape index (κ3) is 4.07. The molecule has 1 saturated heterocycles. The van der Waals surface area contributed by atoms with Crippen LogP contribution in [-0.2, 0) is 11.3 Å². The largest absolute Gasteiger partial charge is 0.374 e. The molecule has 1 fully saturated rings. The van der Waals surface area contributed by atoms with Crippen LogP contribution in [0.3, 0.4) is 0 Å². The molecule has 0 saturated carbocycles. The molecule has 17 heavy (non-hydrogen) atoms. The van der Waals surface area contributed by atoms with Crippen LogP contribution in [0.4, 0.5) is 0 Å². The van der Waals surface area contributed by atoms with Gasteiger partial charge in [0, 0.05) is 32.4 Å². The minimum atomic E-state index is 0.305. The van der Waals surface area contributed by atoms with Crippen LogP contribution < -0.4 is 5.32 Å². The lowest BCUT2D eigenvalue weighted by molar-refractivity contribution is -0.0182. The predicted molar refractivity (Wildman–Crippen MR) is 67.9 cm³/mol. The number of aromatic nitrogens is 1. The molecule has 1 aliphatic heterocycles. The predicted octanol–water partition coefficient (Wildman–Crippen LogP) is 0.810. The van der Waals surface area contributed by atoms with Crippen molar-refractivity contribution in [2.75, 3.05) is 33.3 Å². The van der Waals surface area contributed by atoms with E-state index in [1.807, 2.05) is 6.20 Å². The van der Waals surface area contributed by atoms with Crippen molar-refractivity contribution >= 4 is 0 Å². The molecule has 1 unspecified atom stereocenters. The van der Waals surface area contributed by atoms with Gasteiger partial charge in [-0.1, -0.05) is 6.07 Å². The quantitative estimate of drug-likeness (QED) is 0.838. The zero-order chi connectivity index (χ0) is 12.1. The van der Waals surface area contributed by atoms with Gasteiger partial charge in [-0.05, 0) is 25.6 Å². The minimum Gasteiger partial charge on any atom is -0.374 e. The van der Waals surface area contributed by atoms with Crippen LogP contribution in [-0.4, -0.2) is 49.3 Å². The zero-order valence-corrected chi connectivity index (χ0v) is 10.6. The third-order valence-corrected chi connectivity index (χ3v) is 2.99. The molecule has 1 aromatic heterocycles. The maximum atomic E-state index is 5.68. The summed E-state index contributed by atoms with van der Waals surface area (Å²) in [5.41, 5.74) is 2.28. The monoisotopic (exact) mass is 235 g/mol. The standard InChI is InChI=1S/C13H21N3O/c1-11-3-4-12(15-7-11)8-14-9-13-10-16(2)5-6-17-13/h3-4,7,13-14H,5-6,8-10H2,1-2H3. The average molecular weight is 235 g/mol. The SMILES string of the molecule is Cc1ccc(CNCC2CN(C)CCO2)nc1. The molecule has 4 nitrogen and oxygen atoms in total. The fourth-order valence-corrected chi connectivity index (χ4v) is 1.95. The van der Waals surface area contributed by atoms with E-state index in [9.17, 15) is 0 Å². The first-order valence-corrected chi connectivity index (χ1v) is 6.16. The molecule has 1 aliphatic rings. The maximum Gasteiger partial charge on any atom is 0.0826 e. The van der Waals surface area contributed by atoms with Crippen molar-refractivity contribution in [1.82, 2.24) is 15.2 Å². The van der Waals surface area contributed by atoms with E-state index in [0.29, 0.717) is 6.10 Å². The highest BCUT2D eigenvalue weighted by atomic mass is 16.5. The van der Waals surface area contributed by atoms with E-state index < -0.39 is 0 Å². The molecule has 0 aliphatic carbocycles. The highest BCUT2D eigenvalue weighted by Crippen LogP contribution is 2.02. The Morgan fingerprint density at radius 2 is 2.41 bits per heavy atom. The zero-order valence-electron chi connectivity index (χ0n) is 10.6. The number of pyridine rings is 1. The van der Waals surface area contributed by atoms with Gasteiger partial charge in [-0.15, -0.1) is 0 Å². The van der Waals surface area contributed by atoms with Crippen LogP contribution in [0.1, 0.15) is 11.3 Å². The van der Waals surface area contributed by atoms with Gasteiger partial charge in [-0.2, -0.15) is 0 Å². The lowest BCUT2D eigenvalue weighted by Gasteiger charge is -2.30. The first-order valence-electron chi connectivity index (χ1n) is 6.16. The number of rotatable bonds is 4. The molecule has 0 bridgehead atoms. The first kappa shape index (κ1) is 12.5. The van der Waals surface area contributed by atoms with E-state index in [0.717, 1.165) is 38.5 Å². The highest BCUT2D eigenvalue weighted by molar-refractivity contribution is 5.11. The van der Waals surface area contributed by atoms with Gasteiger partial charge in [-0.25, -0.2) is 0 Å². The van der Waals surface area contributed by atoms with Crippen molar-refractivity contribution in [1.29, 1.82) is 0 Å². The summed E-state index contributed by atoms with van der Waals surface area (Å²) in [5.74, 6) is 0. The van der Waals surface area contributed by atoms with Gasteiger partial charge in [0.2, 0.25) is 0 Å². The molecule has 0 radical (unpaired) electrons. The Morgan fingerprint density at radius 3 is 3.12 bits per heavy atom. The summed E-state index contributed by atoms with van der Waals surface area (Å²) < 4.78 is 5.68. The van der Waals surface area contributed by atoms with Crippen molar-refractivity contribution in [2.24, 2.45) is 0 Å². The summed E-state index contributed by atoms with van der Waals surface area (Å²) in [6.45, 7) is 6.63. The van der Waals surface area contributed by atoms with Crippen molar-refractivity contribution in [2.45, 2.75) is 19.6 Å². The Bertz CT molecular complexity index is 339. The van der Waals surface area contributed by atoms with Crippen LogP contribution >= 0.6 is 0 Å². The Hall–Kier alpha value is -0.970. The number of likely N-dealkylation sites (N-methyl/N-ethyl adjacent to an activating group) is 1. The lowest BCUT2D eigenvalue weighted by Crippen LogP contribution is -2.44. The number of nitrogens with one attached hydrogen (secondary N) is 1. The van der Waals surface area contributed by atoms with Crippen molar-refractivity contribution < 1.29 is 4.74 Å². The molecular formula is C13H21N3O. The molecule has 1 N–H and O–H groups in total. The highest BCUT2D eigenvalue weighted by Gasteiger charge is 2.16. The molecule has 2 heterocycles. The molecule has 0 amide bonds. The molecule has 1 atom stereocenters. The van der Waals surface area contributed by atoms with Gasteiger partial charge < -0.3 is 15.0 Å². The number of morpholine rings is 1. The fraction of sp³-hybridized carbons (Fsp3) is 0.615. The van der Waals surface area contributed by atoms with Crippen molar-refractivity contribution in [3.63, 3.8) is 0 Å². The van der Waals surface area contributed by atoms with Crippen LogP contribution in [0.15, 0.2) is 18.3 Å². The average Bonchev–Trinajstić information content (AvgIpc) is 2.32. The van der Waals surface area contributed by atoms with Crippen LogP contribution in [0.2, 0.25) is 0 Å². The number of hydrogen-bond donors (Lipinski definition) is 1. The Labute approximate surface area is 103 Å². The summed E-state index contributed by atoms with van der Waals surface area (Å²) in [6, 6.07) is 4.16. The summed E-state index contributed by atoms with van der Waals surface area (Å²) >= 11 is 0. The van der Waals surface area contributed by atoms with E-state index in [1.165, 1.54) is 5.56 Å². The number of hydrogen-bond acceptors (Lipinski definition) is 4. The van der Waals surface area contributed by atoms with Gasteiger partial charge in [0.05, 0.1) is 18.4 Å². The molecule has 4 heteroatoms. The smallest absolute Gasteiger partial charge is 0.0826 e. The van der Waals surface area contributed by atoms with E-state index in [-0.39, 0.29) is 0 Å². The van der Waals surface area contributed by atoms with E-state index >= 15 is 0 Å². The van der Waals surface area contributed by atoms with E-state index in [1.54, 1.807) is 0 Å². The Morgan fingerprint density at radius 1 is 1.53 bits per heavy atom. The number of aryl methyl sites for hydroxylation is 1. The molecule has 2 rings (SSSR count). The summed E-state index contributed by atoms with van der Waals surface area (Å²) in [7, 11) is 2.14. The lowest BCUT2D eigenvalue weighted by atomic mass is 10.2. The first-order chi connectivity index (χ1) is 8.24. The summed E-state index contributed by atoms with van der Waals surface area (Å²) in [4.78, 5) is 6.67. The molecular weight excluding hydrogens is 214 g/mol. The van der Waals surface area contributed by atoms with Crippen LogP contribution in [0.25, 0.3) is 0 Å². The topological polar surface area (TPSA) is 37.4 Å². The van der Waals surface area contributed by atoms with Crippen molar-refractivity contribution in [3.8, 4) is 0 Å². The minimum absolute atomic E-state index is 0.305. The second kappa shape index (κ2) is 6.10. The maximum absolute atomic E-state index is 5.68. The van der Waals surface area contributed by atoms with Gasteiger partial charge in [0.25, 0.3) is 0 Å². The third-order valence-electron chi connectivity index (χ3n) is 2.99. The van der Waals surface area contributed by atoms with Gasteiger partial charge in [0.1, 0.15) is 0 Å². The number of nitrogens with zero attached hydrogens (tertiary/aromatic N) is 2. The van der Waals surface area contributed by atoms with Crippen LogP contribution in [0.5, 0.6) is 0 Å². The molecule has 0 aromatic carbocycles. The Kier molecular flexibility index (Phi) is 4.48. The van der Waals surface area contributed by atoms with Gasteiger partial charge in [0.15, 0.2) is 0 Å². The number of ether oxygens (including phenoxy) is 1. The van der Waals surface area contributed by atoms with E-state index in [4.69, 9.17) is 4.74 Å². The summed E-state index contributed by atoms with van der Waals surface area (Å²) in [5, 5.41) is 3.40. The molecule has 94 valence electrons.